The molecule has 1 fully saturated rings. The van der Waals surface area contributed by atoms with Gasteiger partial charge in [-0.2, -0.15) is 0 Å². The molecule has 0 unspecified atom stereocenters. The maximum atomic E-state index is 12.2. The van der Waals surface area contributed by atoms with Crippen LogP contribution in [-0.2, 0) is 18.4 Å². The first-order chi connectivity index (χ1) is 13.5. The van der Waals surface area contributed by atoms with Crippen molar-refractivity contribution in [3.63, 3.8) is 0 Å². The minimum atomic E-state index is 0.0722. The molecule has 0 aliphatic heterocycles. The highest BCUT2D eigenvalue weighted by Gasteiger charge is 2.17. The van der Waals surface area contributed by atoms with Gasteiger partial charge in [0, 0.05) is 13.1 Å². The predicted molar refractivity (Wildman–Crippen MR) is 112 cm³/mol. The fourth-order valence-electron chi connectivity index (χ4n) is 3.34. The molecule has 7 heteroatoms. The van der Waals surface area contributed by atoms with Crippen molar-refractivity contribution in [2.45, 2.75) is 69.7 Å². The zero-order valence-electron chi connectivity index (χ0n) is 17.0. The third kappa shape index (κ3) is 5.74. The highest BCUT2D eigenvalue weighted by atomic mass is 32.2. The van der Waals surface area contributed by atoms with E-state index in [-0.39, 0.29) is 5.91 Å². The molecule has 152 valence electrons. The fraction of sp³-hybridized carbons (Fsp3) is 0.571. The van der Waals surface area contributed by atoms with Crippen LogP contribution >= 0.6 is 11.8 Å². The van der Waals surface area contributed by atoms with Crippen molar-refractivity contribution in [1.29, 1.82) is 0 Å². The van der Waals surface area contributed by atoms with Crippen molar-refractivity contribution in [3.8, 4) is 5.75 Å². The molecule has 28 heavy (non-hydrogen) atoms. The molecule has 1 aliphatic rings. The van der Waals surface area contributed by atoms with Crippen LogP contribution in [0.5, 0.6) is 5.75 Å². The Morgan fingerprint density at radius 2 is 1.93 bits per heavy atom. The molecule has 1 saturated carbocycles. The molecule has 1 amide bonds. The van der Waals surface area contributed by atoms with Crippen molar-refractivity contribution < 1.29 is 9.53 Å². The number of ether oxygens (including phenoxy) is 1. The van der Waals surface area contributed by atoms with E-state index in [0.717, 1.165) is 29.6 Å². The lowest BCUT2D eigenvalue weighted by Gasteiger charge is -2.22. The van der Waals surface area contributed by atoms with E-state index in [0.29, 0.717) is 24.3 Å². The van der Waals surface area contributed by atoms with Gasteiger partial charge in [-0.25, -0.2) is 0 Å². The number of benzene rings is 1. The lowest BCUT2D eigenvalue weighted by Crippen LogP contribution is -2.37. The maximum Gasteiger partial charge on any atom is 0.230 e. The Hall–Kier alpha value is -2.02. The normalized spacial score (nSPS) is 15.0. The molecule has 6 nitrogen and oxygen atoms in total. The first kappa shape index (κ1) is 20.7. The number of carbonyl (C=O) groups excluding carboxylic acids is 1. The highest BCUT2D eigenvalue weighted by Crippen LogP contribution is 2.21. The number of rotatable bonds is 8. The number of nitrogens with one attached hydrogen (secondary N) is 1. The van der Waals surface area contributed by atoms with Gasteiger partial charge in [0.15, 0.2) is 11.0 Å². The molecule has 0 saturated heterocycles. The first-order valence-corrected chi connectivity index (χ1v) is 11.0. The number of nitrogens with zero attached hydrogens (tertiary/aromatic N) is 3. The Kier molecular flexibility index (Phi) is 7.36. The molecule has 1 aliphatic carbocycles. The van der Waals surface area contributed by atoms with E-state index >= 15 is 0 Å². The van der Waals surface area contributed by atoms with E-state index in [2.05, 4.69) is 41.5 Å². The largest absolute Gasteiger partial charge is 0.486 e. The molecule has 3 rings (SSSR count). The second-order valence-corrected chi connectivity index (χ2v) is 8.60. The van der Waals surface area contributed by atoms with Crippen LogP contribution in [-0.4, -0.2) is 32.5 Å². The first-order valence-electron chi connectivity index (χ1n) is 10.1. The van der Waals surface area contributed by atoms with Crippen LogP contribution in [0.2, 0.25) is 0 Å². The SMILES string of the molecule is CC(C)c1ccc(OCc2nnc(SCC(=O)NC3CCCCC3)n2C)cc1. The number of hydrogen-bond donors (Lipinski definition) is 1. The molecular formula is C21H30N4O2S. The Morgan fingerprint density at radius 3 is 2.61 bits per heavy atom. The summed E-state index contributed by atoms with van der Waals surface area (Å²) in [7, 11) is 1.90. The van der Waals surface area contributed by atoms with E-state index in [1.54, 1.807) is 0 Å². The summed E-state index contributed by atoms with van der Waals surface area (Å²) in [5.74, 6) is 2.49. The van der Waals surface area contributed by atoms with Crippen LogP contribution in [0.25, 0.3) is 0 Å². The molecule has 0 atom stereocenters. The Morgan fingerprint density at radius 1 is 1.21 bits per heavy atom. The minimum Gasteiger partial charge on any atom is -0.486 e. The second kappa shape index (κ2) is 9.96. The molecule has 1 N–H and O–H groups in total. The summed E-state index contributed by atoms with van der Waals surface area (Å²) < 4.78 is 7.73. The third-order valence-corrected chi connectivity index (χ3v) is 6.16. The van der Waals surface area contributed by atoms with Gasteiger partial charge in [-0.05, 0) is 36.5 Å². The number of hydrogen-bond acceptors (Lipinski definition) is 5. The smallest absolute Gasteiger partial charge is 0.230 e. The van der Waals surface area contributed by atoms with Gasteiger partial charge in [-0.15, -0.1) is 10.2 Å². The molecule has 0 radical (unpaired) electrons. The van der Waals surface area contributed by atoms with Crippen LogP contribution in [0, 0.1) is 0 Å². The van der Waals surface area contributed by atoms with Gasteiger partial charge >= 0.3 is 0 Å². The van der Waals surface area contributed by atoms with Gasteiger partial charge < -0.3 is 14.6 Å². The Balaban J connectivity index is 1.47. The molecule has 0 spiro atoms. The predicted octanol–water partition coefficient (Wildman–Crippen LogP) is 4.06. The molecule has 1 heterocycles. The molecular weight excluding hydrogens is 372 g/mol. The zero-order chi connectivity index (χ0) is 19.9. The van der Waals surface area contributed by atoms with Gasteiger partial charge in [0.05, 0.1) is 5.75 Å². The van der Waals surface area contributed by atoms with Gasteiger partial charge in [-0.1, -0.05) is 57.0 Å². The molecule has 0 bridgehead atoms. The quantitative estimate of drug-likeness (QED) is 0.675. The van der Waals surface area contributed by atoms with E-state index in [4.69, 9.17) is 4.74 Å². The minimum absolute atomic E-state index is 0.0722. The van der Waals surface area contributed by atoms with Gasteiger partial charge in [0.2, 0.25) is 5.91 Å². The standard InChI is InChI=1S/C21H30N4O2S/c1-15(2)16-9-11-18(12-10-16)27-13-19-23-24-21(25(19)3)28-14-20(26)22-17-7-5-4-6-8-17/h9-12,15,17H,4-8,13-14H2,1-3H3,(H,22,26). The van der Waals surface area contributed by atoms with Crippen molar-refractivity contribution in [3.05, 3.63) is 35.7 Å². The lowest BCUT2D eigenvalue weighted by molar-refractivity contribution is -0.119. The average molecular weight is 403 g/mol. The van der Waals surface area contributed by atoms with Crippen LogP contribution in [0.15, 0.2) is 29.4 Å². The monoisotopic (exact) mass is 402 g/mol. The summed E-state index contributed by atoms with van der Waals surface area (Å²) in [6.07, 6.45) is 5.91. The Labute approximate surface area is 171 Å². The summed E-state index contributed by atoms with van der Waals surface area (Å²) >= 11 is 1.41. The molecule has 2 aromatic rings. The maximum absolute atomic E-state index is 12.2. The van der Waals surface area contributed by atoms with Crippen molar-refractivity contribution in [2.75, 3.05) is 5.75 Å². The number of aromatic nitrogens is 3. The Bertz CT molecular complexity index is 767. The lowest BCUT2D eigenvalue weighted by atomic mass is 9.95. The summed E-state index contributed by atoms with van der Waals surface area (Å²) in [4.78, 5) is 12.2. The van der Waals surface area contributed by atoms with E-state index in [1.165, 1.54) is 36.6 Å². The van der Waals surface area contributed by atoms with Crippen LogP contribution in [0.4, 0.5) is 0 Å². The second-order valence-electron chi connectivity index (χ2n) is 7.66. The third-order valence-electron chi connectivity index (χ3n) is 5.14. The van der Waals surface area contributed by atoms with Gasteiger partial charge in [0.25, 0.3) is 0 Å². The summed E-state index contributed by atoms with van der Waals surface area (Å²) in [5, 5.41) is 12.3. The van der Waals surface area contributed by atoms with Crippen LogP contribution in [0.3, 0.4) is 0 Å². The summed E-state index contributed by atoms with van der Waals surface area (Å²) in [5.41, 5.74) is 1.29. The summed E-state index contributed by atoms with van der Waals surface area (Å²) in [6.45, 7) is 4.69. The van der Waals surface area contributed by atoms with Gasteiger partial charge in [0.1, 0.15) is 12.4 Å². The topological polar surface area (TPSA) is 69.0 Å². The molecule has 1 aromatic carbocycles. The number of carbonyl (C=O) groups is 1. The van der Waals surface area contributed by atoms with E-state index in [1.807, 2.05) is 23.7 Å². The number of amides is 1. The van der Waals surface area contributed by atoms with E-state index in [9.17, 15) is 4.79 Å². The average Bonchev–Trinajstić information content (AvgIpc) is 3.05. The van der Waals surface area contributed by atoms with Crippen molar-refractivity contribution >= 4 is 17.7 Å². The van der Waals surface area contributed by atoms with Gasteiger partial charge in [-0.3, -0.25) is 4.79 Å². The summed E-state index contributed by atoms with van der Waals surface area (Å²) in [6, 6.07) is 8.48. The highest BCUT2D eigenvalue weighted by molar-refractivity contribution is 7.99. The van der Waals surface area contributed by atoms with Crippen molar-refractivity contribution in [2.24, 2.45) is 7.05 Å². The zero-order valence-corrected chi connectivity index (χ0v) is 17.8. The van der Waals surface area contributed by atoms with Crippen molar-refractivity contribution in [1.82, 2.24) is 20.1 Å². The van der Waals surface area contributed by atoms with Crippen LogP contribution < -0.4 is 10.1 Å². The molecule has 1 aromatic heterocycles. The van der Waals surface area contributed by atoms with E-state index < -0.39 is 0 Å². The van der Waals surface area contributed by atoms with Crippen LogP contribution in [0.1, 0.15) is 63.3 Å². The number of thioether (sulfide) groups is 1. The fourth-order valence-corrected chi connectivity index (χ4v) is 4.08.